The van der Waals surface area contributed by atoms with E-state index in [4.69, 9.17) is 19.2 Å². The van der Waals surface area contributed by atoms with Crippen molar-refractivity contribution < 1.29 is 23.8 Å². The van der Waals surface area contributed by atoms with Crippen LogP contribution < -0.4 is 19.1 Å². The van der Waals surface area contributed by atoms with E-state index in [1.165, 1.54) is 11.3 Å². The number of thiazole rings is 1. The molecule has 1 fully saturated rings. The number of aromatic nitrogens is 1. The highest BCUT2D eigenvalue weighted by molar-refractivity contribution is 7.10. The molecule has 5 rings (SSSR count). The van der Waals surface area contributed by atoms with Gasteiger partial charge < -0.3 is 24.0 Å². The van der Waals surface area contributed by atoms with Gasteiger partial charge in [-0.15, -0.1) is 11.3 Å². The number of carbonyl (C=O) groups is 2. The number of piperidine rings is 1. The molecule has 2 aliphatic rings. The van der Waals surface area contributed by atoms with E-state index in [0.717, 1.165) is 29.3 Å². The van der Waals surface area contributed by atoms with Gasteiger partial charge in [-0.1, -0.05) is 0 Å². The average molecular weight is 522 g/mol. The maximum atomic E-state index is 13.3. The van der Waals surface area contributed by atoms with Crippen molar-refractivity contribution in [3.63, 3.8) is 0 Å². The summed E-state index contributed by atoms with van der Waals surface area (Å²) in [5, 5.41) is 2.79. The molecule has 1 saturated heterocycles. The highest BCUT2D eigenvalue weighted by Gasteiger charge is 2.28. The minimum atomic E-state index is -0.138. The minimum Gasteiger partial charge on any atom is -0.491 e. The van der Waals surface area contributed by atoms with Gasteiger partial charge in [-0.05, 0) is 70.0 Å². The zero-order valence-electron chi connectivity index (χ0n) is 21.3. The van der Waals surface area contributed by atoms with E-state index in [1.54, 1.807) is 4.90 Å². The molecule has 0 spiro atoms. The fourth-order valence-electron chi connectivity index (χ4n) is 4.67. The Morgan fingerprint density at radius 2 is 1.84 bits per heavy atom. The van der Waals surface area contributed by atoms with Gasteiger partial charge in [0.2, 0.25) is 6.79 Å². The molecule has 0 N–H and O–H groups in total. The summed E-state index contributed by atoms with van der Waals surface area (Å²) in [5.74, 6) is 2.22. The Kier molecular flexibility index (Phi) is 7.32. The summed E-state index contributed by atoms with van der Waals surface area (Å²) in [6.07, 6.45) is 1.73. The van der Waals surface area contributed by atoms with E-state index in [1.807, 2.05) is 73.5 Å². The quantitative estimate of drug-likeness (QED) is 0.417. The lowest BCUT2D eigenvalue weighted by atomic mass is 9.97. The van der Waals surface area contributed by atoms with Gasteiger partial charge in [-0.2, -0.15) is 0 Å². The first-order valence-corrected chi connectivity index (χ1v) is 13.5. The van der Waals surface area contributed by atoms with Gasteiger partial charge in [-0.25, -0.2) is 4.98 Å². The molecular formula is C28H31N3O5S. The summed E-state index contributed by atoms with van der Waals surface area (Å²) in [5.41, 5.74) is 1.86. The smallest absolute Gasteiger partial charge is 0.277 e. The zero-order valence-corrected chi connectivity index (χ0v) is 22.1. The van der Waals surface area contributed by atoms with Crippen LogP contribution >= 0.6 is 11.3 Å². The topological polar surface area (TPSA) is 81.2 Å². The van der Waals surface area contributed by atoms with Crippen LogP contribution in [0.15, 0.2) is 47.8 Å². The Morgan fingerprint density at radius 1 is 1.11 bits per heavy atom. The molecule has 3 aromatic rings. The summed E-state index contributed by atoms with van der Waals surface area (Å²) in [7, 11) is 0. The van der Waals surface area contributed by atoms with E-state index in [0.29, 0.717) is 42.4 Å². The molecular weight excluding hydrogens is 490 g/mol. The number of anilines is 1. The predicted octanol–water partition coefficient (Wildman–Crippen LogP) is 5.35. The Labute approximate surface area is 220 Å². The van der Waals surface area contributed by atoms with Gasteiger partial charge in [0.05, 0.1) is 11.1 Å². The standard InChI is InChI=1S/C28H31N3O5S/c1-4-31(21-7-10-24-25(15-21)35-17-34-24)28(33)23-16-37-26(29-23)19-11-13-30(14-12-19)27(32)20-5-8-22(9-6-20)36-18(2)3/h5-10,15-16,18-19H,4,11-14,17H2,1-3H3. The van der Waals surface area contributed by atoms with Crippen molar-refractivity contribution >= 4 is 28.8 Å². The SMILES string of the molecule is CCN(C(=O)c1csc(C2CCN(C(=O)c3ccc(OC(C)C)cc3)CC2)n1)c1ccc2c(c1)OCO2. The van der Waals surface area contributed by atoms with Crippen LogP contribution in [0.2, 0.25) is 0 Å². The largest absolute Gasteiger partial charge is 0.491 e. The number of hydrogen-bond donors (Lipinski definition) is 0. The Morgan fingerprint density at radius 3 is 2.54 bits per heavy atom. The number of carbonyl (C=O) groups excluding carboxylic acids is 2. The van der Waals surface area contributed by atoms with Crippen LogP contribution in [0, 0.1) is 0 Å². The van der Waals surface area contributed by atoms with Crippen LogP contribution in [0.5, 0.6) is 17.2 Å². The van der Waals surface area contributed by atoms with Gasteiger partial charge >= 0.3 is 0 Å². The van der Waals surface area contributed by atoms with Crippen molar-refractivity contribution in [1.82, 2.24) is 9.88 Å². The normalized spacial score (nSPS) is 15.2. The number of amides is 2. The van der Waals surface area contributed by atoms with Crippen LogP contribution in [0.1, 0.15) is 65.4 Å². The van der Waals surface area contributed by atoms with Gasteiger partial charge in [0.1, 0.15) is 11.4 Å². The van der Waals surface area contributed by atoms with Gasteiger partial charge in [0.25, 0.3) is 11.8 Å². The molecule has 9 heteroatoms. The second kappa shape index (κ2) is 10.8. The number of benzene rings is 2. The van der Waals surface area contributed by atoms with Gasteiger partial charge in [0, 0.05) is 48.2 Å². The summed E-state index contributed by atoms with van der Waals surface area (Å²) in [4.78, 5) is 34.6. The van der Waals surface area contributed by atoms with Crippen molar-refractivity contribution in [2.75, 3.05) is 31.3 Å². The first-order valence-electron chi connectivity index (χ1n) is 12.7. The lowest BCUT2D eigenvalue weighted by Gasteiger charge is -2.31. The van der Waals surface area contributed by atoms with Crippen LogP contribution in [0.25, 0.3) is 0 Å². The van der Waals surface area contributed by atoms with E-state index in [9.17, 15) is 9.59 Å². The van der Waals surface area contributed by atoms with Crippen molar-refractivity contribution in [1.29, 1.82) is 0 Å². The van der Waals surface area contributed by atoms with Crippen molar-refractivity contribution in [3.05, 3.63) is 64.1 Å². The number of nitrogens with zero attached hydrogens (tertiary/aromatic N) is 3. The third kappa shape index (κ3) is 5.41. The van der Waals surface area contributed by atoms with Crippen LogP contribution in [0.4, 0.5) is 5.69 Å². The van der Waals surface area contributed by atoms with E-state index in [2.05, 4.69) is 0 Å². The first kappa shape index (κ1) is 25.1. The molecule has 2 aromatic carbocycles. The second-order valence-electron chi connectivity index (χ2n) is 9.42. The molecule has 0 aliphatic carbocycles. The lowest BCUT2D eigenvalue weighted by molar-refractivity contribution is 0.0713. The molecule has 2 aliphatic heterocycles. The third-order valence-corrected chi connectivity index (χ3v) is 7.58. The monoisotopic (exact) mass is 521 g/mol. The van der Waals surface area contributed by atoms with Crippen molar-refractivity contribution in [2.24, 2.45) is 0 Å². The first-order chi connectivity index (χ1) is 17.9. The van der Waals surface area contributed by atoms with Gasteiger partial charge in [-0.3, -0.25) is 9.59 Å². The molecule has 1 aromatic heterocycles. The molecule has 2 amide bonds. The van der Waals surface area contributed by atoms with Crippen LogP contribution in [-0.2, 0) is 0 Å². The van der Waals surface area contributed by atoms with Crippen molar-refractivity contribution in [2.45, 2.75) is 45.6 Å². The minimum absolute atomic E-state index is 0.0341. The molecule has 194 valence electrons. The average Bonchev–Trinajstić information content (AvgIpc) is 3.59. The Hall–Kier alpha value is -3.59. The second-order valence-corrected chi connectivity index (χ2v) is 10.3. The van der Waals surface area contributed by atoms with Crippen LogP contribution in [0.3, 0.4) is 0 Å². The van der Waals surface area contributed by atoms with Gasteiger partial charge in [0.15, 0.2) is 11.5 Å². The van der Waals surface area contributed by atoms with E-state index in [-0.39, 0.29) is 30.6 Å². The molecule has 8 nitrogen and oxygen atoms in total. The molecule has 0 saturated carbocycles. The van der Waals surface area contributed by atoms with E-state index < -0.39 is 0 Å². The number of ether oxygens (including phenoxy) is 3. The lowest BCUT2D eigenvalue weighted by Crippen LogP contribution is -2.38. The summed E-state index contributed by atoms with van der Waals surface area (Å²) >= 11 is 1.52. The molecule has 0 radical (unpaired) electrons. The van der Waals surface area contributed by atoms with Crippen molar-refractivity contribution in [3.8, 4) is 17.2 Å². The molecule has 0 bridgehead atoms. The Balaban J connectivity index is 1.20. The fourth-order valence-corrected chi connectivity index (χ4v) is 5.63. The number of likely N-dealkylation sites (tertiary alicyclic amines) is 1. The highest BCUT2D eigenvalue weighted by atomic mass is 32.1. The zero-order chi connectivity index (χ0) is 25.9. The number of fused-ring (bicyclic) bond motifs is 1. The molecule has 37 heavy (non-hydrogen) atoms. The summed E-state index contributed by atoms with van der Waals surface area (Å²) in [6.45, 7) is 7.92. The number of rotatable bonds is 7. The molecule has 3 heterocycles. The maximum absolute atomic E-state index is 13.3. The molecule has 0 unspecified atom stereocenters. The van der Waals surface area contributed by atoms with E-state index >= 15 is 0 Å². The summed E-state index contributed by atoms with van der Waals surface area (Å²) in [6, 6.07) is 12.8. The highest BCUT2D eigenvalue weighted by Crippen LogP contribution is 2.36. The third-order valence-electron chi connectivity index (χ3n) is 6.57. The molecule has 0 atom stereocenters. The maximum Gasteiger partial charge on any atom is 0.277 e. The fraction of sp³-hybridized carbons (Fsp3) is 0.393. The number of hydrogen-bond acceptors (Lipinski definition) is 7. The summed E-state index contributed by atoms with van der Waals surface area (Å²) < 4.78 is 16.5. The predicted molar refractivity (Wildman–Crippen MR) is 142 cm³/mol. The Bertz CT molecular complexity index is 1270. The van der Waals surface area contributed by atoms with Crippen LogP contribution in [-0.4, -0.2) is 54.2 Å².